The third-order valence-corrected chi connectivity index (χ3v) is 3.15. The largest absolute Gasteiger partial charge is 0.496 e. The van der Waals surface area contributed by atoms with Gasteiger partial charge in [-0.2, -0.15) is 0 Å². The van der Waals surface area contributed by atoms with Crippen molar-refractivity contribution in [3.63, 3.8) is 0 Å². The van der Waals surface area contributed by atoms with E-state index in [-0.39, 0.29) is 5.56 Å². The van der Waals surface area contributed by atoms with Crippen molar-refractivity contribution in [3.8, 4) is 5.75 Å². The Hall–Kier alpha value is -1.94. The van der Waals surface area contributed by atoms with Crippen molar-refractivity contribution >= 4 is 0 Å². The molecule has 2 nitrogen and oxygen atoms in total. The number of nitrogens with one attached hydrogen (secondary N) is 1. The van der Waals surface area contributed by atoms with Crippen LogP contribution >= 0.6 is 0 Å². The Bertz CT molecular complexity index is 586. The molecule has 4 heteroatoms. The molecule has 0 spiro atoms. The first kappa shape index (κ1) is 14.5. The zero-order valence-corrected chi connectivity index (χ0v) is 11.5. The third kappa shape index (κ3) is 2.80. The van der Waals surface area contributed by atoms with Crippen LogP contribution in [-0.4, -0.2) is 13.7 Å². The molecule has 2 aromatic rings. The second-order valence-electron chi connectivity index (χ2n) is 4.38. The first-order valence-electron chi connectivity index (χ1n) is 6.49. The Balaban J connectivity index is 2.53. The minimum absolute atomic E-state index is 0.274. The summed E-state index contributed by atoms with van der Waals surface area (Å²) >= 11 is 0. The van der Waals surface area contributed by atoms with Crippen LogP contribution in [0.4, 0.5) is 8.78 Å². The molecule has 0 fully saturated rings. The highest BCUT2D eigenvalue weighted by atomic mass is 19.2. The molecule has 0 radical (unpaired) electrons. The molecule has 1 unspecified atom stereocenters. The Morgan fingerprint density at radius 3 is 2.45 bits per heavy atom. The molecule has 20 heavy (non-hydrogen) atoms. The van der Waals surface area contributed by atoms with Crippen LogP contribution in [0.2, 0.25) is 0 Å². The summed E-state index contributed by atoms with van der Waals surface area (Å²) < 4.78 is 32.8. The van der Waals surface area contributed by atoms with Crippen LogP contribution in [0.5, 0.6) is 5.75 Å². The average molecular weight is 277 g/mol. The summed E-state index contributed by atoms with van der Waals surface area (Å²) in [5, 5.41) is 3.17. The van der Waals surface area contributed by atoms with E-state index >= 15 is 0 Å². The highest BCUT2D eigenvalue weighted by molar-refractivity contribution is 5.42. The molecule has 1 N–H and O–H groups in total. The third-order valence-electron chi connectivity index (χ3n) is 3.15. The fraction of sp³-hybridized carbons (Fsp3) is 0.250. The molecular formula is C16H17F2NO. The minimum Gasteiger partial charge on any atom is -0.496 e. The van der Waals surface area contributed by atoms with Crippen molar-refractivity contribution in [1.29, 1.82) is 0 Å². The number of rotatable bonds is 5. The van der Waals surface area contributed by atoms with Gasteiger partial charge in [0.25, 0.3) is 0 Å². The van der Waals surface area contributed by atoms with Gasteiger partial charge in [-0.15, -0.1) is 0 Å². The van der Waals surface area contributed by atoms with Gasteiger partial charge in [0.1, 0.15) is 5.75 Å². The average Bonchev–Trinajstić information content (AvgIpc) is 2.48. The topological polar surface area (TPSA) is 21.3 Å². The van der Waals surface area contributed by atoms with Crippen LogP contribution in [0.3, 0.4) is 0 Å². The monoisotopic (exact) mass is 277 g/mol. The van der Waals surface area contributed by atoms with E-state index in [1.54, 1.807) is 19.2 Å². The molecular weight excluding hydrogens is 260 g/mol. The van der Waals surface area contributed by atoms with Crippen LogP contribution in [0.15, 0.2) is 42.5 Å². The quantitative estimate of drug-likeness (QED) is 0.900. The van der Waals surface area contributed by atoms with Crippen molar-refractivity contribution in [2.24, 2.45) is 0 Å². The van der Waals surface area contributed by atoms with E-state index in [0.717, 1.165) is 11.6 Å². The summed E-state index contributed by atoms with van der Waals surface area (Å²) in [6.45, 7) is 2.54. The summed E-state index contributed by atoms with van der Waals surface area (Å²) in [5.74, 6) is -1.04. The molecule has 0 heterocycles. The SMILES string of the molecule is CCNC(c1ccccc1OC)c1cccc(F)c1F. The number of halogens is 2. The summed E-state index contributed by atoms with van der Waals surface area (Å²) in [6, 6.07) is 11.1. The van der Waals surface area contributed by atoms with Gasteiger partial charge in [0, 0.05) is 11.1 Å². The predicted octanol–water partition coefficient (Wildman–Crippen LogP) is 3.67. The first-order valence-corrected chi connectivity index (χ1v) is 6.49. The summed E-state index contributed by atoms with van der Waals surface area (Å²) in [5.41, 5.74) is 1.05. The van der Waals surface area contributed by atoms with Crippen LogP contribution in [0, 0.1) is 11.6 Å². The van der Waals surface area contributed by atoms with Crippen molar-refractivity contribution in [1.82, 2.24) is 5.32 Å². The van der Waals surface area contributed by atoms with Crippen molar-refractivity contribution in [2.75, 3.05) is 13.7 Å². The Morgan fingerprint density at radius 1 is 1.05 bits per heavy atom. The van der Waals surface area contributed by atoms with Crippen LogP contribution in [0.25, 0.3) is 0 Å². The second kappa shape index (κ2) is 6.48. The lowest BCUT2D eigenvalue weighted by atomic mass is 9.97. The van der Waals surface area contributed by atoms with E-state index < -0.39 is 17.7 Å². The van der Waals surface area contributed by atoms with E-state index in [0.29, 0.717) is 12.3 Å². The molecule has 0 amide bonds. The number of hydrogen-bond donors (Lipinski definition) is 1. The molecule has 0 aromatic heterocycles. The molecule has 0 saturated carbocycles. The predicted molar refractivity (Wildman–Crippen MR) is 74.9 cm³/mol. The molecule has 0 aliphatic rings. The van der Waals surface area contributed by atoms with Crippen LogP contribution < -0.4 is 10.1 Å². The standard InChI is InChI=1S/C16H17F2NO/c1-3-19-16(11-7-4-5-10-14(11)20-2)12-8-6-9-13(17)15(12)18/h4-10,16,19H,3H2,1-2H3. The fourth-order valence-electron chi connectivity index (χ4n) is 2.24. The molecule has 1 atom stereocenters. The molecule has 106 valence electrons. The number of para-hydroxylation sites is 1. The Labute approximate surface area is 117 Å². The Kier molecular flexibility index (Phi) is 4.69. The van der Waals surface area contributed by atoms with E-state index in [1.165, 1.54) is 6.07 Å². The van der Waals surface area contributed by atoms with E-state index in [9.17, 15) is 8.78 Å². The lowest BCUT2D eigenvalue weighted by Gasteiger charge is -2.21. The van der Waals surface area contributed by atoms with Gasteiger partial charge >= 0.3 is 0 Å². The van der Waals surface area contributed by atoms with Crippen molar-refractivity contribution in [3.05, 3.63) is 65.2 Å². The lowest BCUT2D eigenvalue weighted by molar-refractivity contribution is 0.402. The highest BCUT2D eigenvalue weighted by Crippen LogP contribution is 2.31. The zero-order chi connectivity index (χ0) is 14.5. The van der Waals surface area contributed by atoms with Crippen molar-refractivity contribution in [2.45, 2.75) is 13.0 Å². The molecule has 2 aromatic carbocycles. The minimum atomic E-state index is -0.847. The fourth-order valence-corrected chi connectivity index (χ4v) is 2.24. The van der Waals surface area contributed by atoms with Gasteiger partial charge in [-0.3, -0.25) is 0 Å². The van der Waals surface area contributed by atoms with Gasteiger partial charge in [-0.05, 0) is 18.7 Å². The molecule has 0 aliphatic heterocycles. The number of hydrogen-bond acceptors (Lipinski definition) is 2. The second-order valence-corrected chi connectivity index (χ2v) is 4.38. The summed E-state index contributed by atoms with van der Waals surface area (Å²) in [4.78, 5) is 0. The van der Waals surface area contributed by atoms with Crippen LogP contribution in [0.1, 0.15) is 24.1 Å². The molecule has 0 aliphatic carbocycles. The smallest absolute Gasteiger partial charge is 0.163 e. The van der Waals surface area contributed by atoms with Gasteiger partial charge in [0.15, 0.2) is 11.6 Å². The molecule has 0 bridgehead atoms. The van der Waals surface area contributed by atoms with Gasteiger partial charge in [-0.25, -0.2) is 8.78 Å². The maximum atomic E-state index is 14.0. The highest BCUT2D eigenvalue weighted by Gasteiger charge is 2.21. The maximum Gasteiger partial charge on any atom is 0.163 e. The molecule has 0 saturated heterocycles. The van der Waals surface area contributed by atoms with Gasteiger partial charge in [0.05, 0.1) is 13.2 Å². The normalized spacial score (nSPS) is 12.2. The summed E-state index contributed by atoms with van der Waals surface area (Å²) in [7, 11) is 1.56. The van der Waals surface area contributed by atoms with Gasteiger partial charge in [-0.1, -0.05) is 37.3 Å². The van der Waals surface area contributed by atoms with E-state index in [4.69, 9.17) is 4.74 Å². The van der Waals surface area contributed by atoms with Crippen molar-refractivity contribution < 1.29 is 13.5 Å². The first-order chi connectivity index (χ1) is 9.69. The number of ether oxygens (including phenoxy) is 1. The van der Waals surface area contributed by atoms with Crippen LogP contribution in [-0.2, 0) is 0 Å². The van der Waals surface area contributed by atoms with E-state index in [1.807, 2.05) is 25.1 Å². The zero-order valence-electron chi connectivity index (χ0n) is 11.5. The number of methoxy groups -OCH3 is 1. The van der Waals surface area contributed by atoms with Gasteiger partial charge in [0.2, 0.25) is 0 Å². The summed E-state index contributed by atoms with van der Waals surface area (Å²) in [6.07, 6.45) is 0. The molecule has 2 rings (SSSR count). The number of benzene rings is 2. The maximum absolute atomic E-state index is 14.0. The lowest BCUT2D eigenvalue weighted by Crippen LogP contribution is -2.23. The van der Waals surface area contributed by atoms with E-state index in [2.05, 4.69) is 5.32 Å². The van der Waals surface area contributed by atoms with Gasteiger partial charge < -0.3 is 10.1 Å². The Morgan fingerprint density at radius 2 is 1.75 bits per heavy atom.